The summed E-state index contributed by atoms with van der Waals surface area (Å²) in [5, 5.41) is 2.24. The van der Waals surface area contributed by atoms with Crippen LogP contribution in [0.4, 0.5) is 14.5 Å². The van der Waals surface area contributed by atoms with Crippen LogP contribution in [-0.4, -0.2) is 18.3 Å². The summed E-state index contributed by atoms with van der Waals surface area (Å²) < 4.78 is 40.6. The first-order chi connectivity index (χ1) is 11.9. The fraction of sp³-hybridized carbons (Fsp3) is 0.526. The van der Waals surface area contributed by atoms with E-state index >= 15 is 0 Å². The molecule has 2 heterocycles. The number of benzene rings is 1. The molecule has 1 saturated heterocycles. The molecule has 6 heteroatoms. The molecular weight excluding hydrogens is 328 g/mol. The first-order valence-electron chi connectivity index (χ1n) is 8.65. The van der Waals surface area contributed by atoms with E-state index in [1.54, 1.807) is 12.1 Å². The number of fused-ring (bicyclic) bond motifs is 2. The molecule has 1 aromatic rings. The minimum absolute atomic E-state index is 0.00733. The largest absolute Gasteiger partial charge is 0.352 e. The molecule has 1 N–H and O–H groups in total. The number of nitrogens with one attached hydrogen (secondary N) is 1. The summed E-state index contributed by atoms with van der Waals surface area (Å²) in [7, 11) is 0. The summed E-state index contributed by atoms with van der Waals surface area (Å²) in [6, 6.07) is 4.72. The van der Waals surface area contributed by atoms with Crippen molar-refractivity contribution in [3.8, 4) is 0 Å². The second-order valence-corrected chi connectivity index (χ2v) is 7.13. The van der Waals surface area contributed by atoms with Crippen LogP contribution in [0, 0.1) is 5.41 Å². The lowest BCUT2D eigenvalue weighted by Crippen LogP contribution is -2.43. The van der Waals surface area contributed by atoms with E-state index in [0.29, 0.717) is 12.2 Å². The van der Waals surface area contributed by atoms with Gasteiger partial charge in [0.2, 0.25) is 0 Å². The highest BCUT2D eigenvalue weighted by Gasteiger charge is 2.60. The lowest BCUT2D eigenvalue weighted by atomic mass is 9.77. The summed E-state index contributed by atoms with van der Waals surface area (Å²) in [4.78, 5) is 11.5. The van der Waals surface area contributed by atoms with Crippen LogP contribution in [0.25, 0.3) is 0 Å². The zero-order chi connectivity index (χ0) is 17.7. The Kier molecular flexibility index (Phi) is 3.74. The first-order valence-corrected chi connectivity index (χ1v) is 8.65. The van der Waals surface area contributed by atoms with Gasteiger partial charge < -0.3 is 14.8 Å². The van der Waals surface area contributed by atoms with E-state index in [-0.39, 0.29) is 23.3 Å². The fourth-order valence-corrected chi connectivity index (χ4v) is 4.67. The van der Waals surface area contributed by atoms with Crippen LogP contribution in [0.15, 0.2) is 30.9 Å². The Morgan fingerprint density at radius 1 is 1.32 bits per heavy atom. The van der Waals surface area contributed by atoms with Crippen molar-refractivity contribution in [3.63, 3.8) is 0 Å². The van der Waals surface area contributed by atoms with Crippen molar-refractivity contribution in [2.24, 2.45) is 5.41 Å². The van der Waals surface area contributed by atoms with Gasteiger partial charge in [0.25, 0.3) is 5.91 Å². The first kappa shape index (κ1) is 16.7. The molecule has 25 heavy (non-hydrogen) atoms. The van der Waals surface area contributed by atoms with E-state index in [4.69, 9.17) is 9.47 Å². The summed E-state index contributed by atoms with van der Waals surface area (Å²) in [6.45, 7) is 4.45. The molecule has 4 nitrogen and oxygen atoms in total. The summed E-state index contributed by atoms with van der Waals surface area (Å²) in [5.74, 6) is -5.56. The van der Waals surface area contributed by atoms with Crippen molar-refractivity contribution in [1.29, 1.82) is 0 Å². The normalized spacial score (nSPS) is 32.3. The molecule has 1 amide bonds. The third kappa shape index (κ3) is 2.27. The maximum atomic E-state index is 14.2. The third-order valence-electron chi connectivity index (χ3n) is 5.88. The summed E-state index contributed by atoms with van der Waals surface area (Å²) >= 11 is 0. The number of ether oxygens (including phenoxy) is 2. The highest BCUT2D eigenvalue weighted by molar-refractivity contribution is 6.04. The van der Waals surface area contributed by atoms with Gasteiger partial charge in [-0.15, -0.1) is 6.58 Å². The van der Waals surface area contributed by atoms with Crippen molar-refractivity contribution in [3.05, 3.63) is 42.0 Å². The number of alkyl halides is 2. The Morgan fingerprint density at radius 3 is 2.96 bits per heavy atom. The van der Waals surface area contributed by atoms with Gasteiger partial charge in [-0.2, -0.15) is 8.78 Å². The predicted molar refractivity (Wildman–Crippen MR) is 88.2 cm³/mol. The van der Waals surface area contributed by atoms with Crippen molar-refractivity contribution < 1.29 is 23.0 Å². The number of amides is 1. The van der Waals surface area contributed by atoms with Gasteiger partial charge in [-0.1, -0.05) is 18.2 Å². The van der Waals surface area contributed by atoms with Gasteiger partial charge in [-0.25, -0.2) is 0 Å². The topological polar surface area (TPSA) is 47.6 Å². The molecule has 4 rings (SSSR count). The van der Waals surface area contributed by atoms with Crippen LogP contribution in [0.5, 0.6) is 0 Å². The molecule has 1 aromatic carbocycles. The van der Waals surface area contributed by atoms with E-state index in [0.717, 1.165) is 32.1 Å². The second kappa shape index (κ2) is 5.61. The predicted octanol–water partition coefficient (Wildman–Crippen LogP) is 4.11. The van der Waals surface area contributed by atoms with E-state index in [1.807, 2.05) is 6.08 Å². The van der Waals surface area contributed by atoms with Gasteiger partial charge >= 0.3 is 5.92 Å². The number of carbonyl (C=O) groups is 1. The number of anilines is 1. The molecular formula is C19H21F2NO3. The Hall–Kier alpha value is -1.79. The molecule has 0 radical (unpaired) electrons. The minimum atomic E-state index is -3.53. The fourth-order valence-electron chi connectivity index (χ4n) is 4.67. The van der Waals surface area contributed by atoms with Crippen LogP contribution < -0.4 is 5.32 Å². The van der Waals surface area contributed by atoms with Crippen molar-refractivity contribution in [2.45, 2.75) is 50.4 Å². The van der Waals surface area contributed by atoms with Gasteiger partial charge in [0.1, 0.15) is 0 Å². The number of hydrogen-bond acceptors (Lipinski definition) is 3. The Morgan fingerprint density at radius 2 is 2.16 bits per heavy atom. The molecule has 0 unspecified atom stereocenters. The van der Waals surface area contributed by atoms with E-state index < -0.39 is 17.6 Å². The van der Waals surface area contributed by atoms with Crippen LogP contribution in [0.3, 0.4) is 0 Å². The molecule has 2 atom stereocenters. The Balaban J connectivity index is 1.62. The number of carbonyl (C=O) groups excluding carboxylic acids is 1. The van der Waals surface area contributed by atoms with Crippen molar-refractivity contribution >= 4 is 11.6 Å². The average molecular weight is 349 g/mol. The van der Waals surface area contributed by atoms with Gasteiger partial charge in [0.05, 0.1) is 24.5 Å². The molecule has 0 bridgehead atoms. The highest BCUT2D eigenvalue weighted by atomic mass is 19.3. The van der Waals surface area contributed by atoms with Crippen LogP contribution in [0.2, 0.25) is 0 Å². The molecule has 0 aromatic heterocycles. The van der Waals surface area contributed by atoms with Crippen molar-refractivity contribution in [2.75, 3.05) is 11.9 Å². The zero-order valence-electron chi connectivity index (χ0n) is 13.9. The maximum absolute atomic E-state index is 14.2. The highest BCUT2D eigenvalue weighted by Crippen LogP contribution is 2.58. The van der Waals surface area contributed by atoms with E-state index in [9.17, 15) is 13.6 Å². The number of rotatable bonds is 5. The molecule has 3 aliphatic rings. The summed E-state index contributed by atoms with van der Waals surface area (Å²) in [6.07, 6.45) is 6.29. The lowest BCUT2D eigenvalue weighted by Gasteiger charge is -2.38. The van der Waals surface area contributed by atoms with E-state index in [1.165, 1.54) is 6.07 Å². The number of allylic oxidation sites excluding steroid dienone is 1. The zero-order valence-corrected chi connectivity index (χ0v) is 13.9. The molecule has 0 spiro atoms. The van der Waals surface area contributed by atoms with Crippen LogP contribution in [-0.2, 0) is 26.8 Å². The smallest absolute Gasteiger partial charge is 0.349 e. The number of hydrogen-bond donors (Lipinski definition) is 1. The SMILES string of the molecule is C=CC[C@@]12CCC[C@]1(OCc1cccc3c1C(F)(F)C(=O)N3)OCC2. The van der Waals surface area contributed by atoms with Gasteiger partial charge in [0, 0.05) is 11.8 Å². The van der Waals surface area contributed by atoms with Crippen LogP contribution >= 0.6 is 0 Å². The molecule has 1 aliphatic carbocycles. The van der Waals surface area contributed by atoms with Gasteiger partial charge in [0.15, 0.2) is 5.79 Å². The summed E-state index contributed by atoms with van der Waals surface area (Å²) in [5.41, 5.74) is 0.0834. The minimum Gasteiger partial charge on any atom is -0.349 e. The maximum Gasteiger partial charge on any atom is 0.352 e. The Bertz CT molecular complexity index is 721. The van der Waals surface area contributed by atoms with Gasteiger partial charge in [-0.3, -0.25) is 4.79 Å². The average Bonchev–Trinajstić information content (AvgIpc) is 3.14. The molecule has 2 aliphatic heterocycles. The van der Waals surface area contributed by atoms with E-state index in [2.05, 4.69) is 11.9 Å². The Labute approximate surface area is 145 Å². The number of halogens is 2. The third-order valence-corrected chi connectivity index (χ3v) is 5.88. The van der Waals surface area contributed by atoms with Crippen molar-refractivity contribution in [1.82, 2.24) is 0 Å². The quantitative estimate of drug-likeness (QED) is 0.814. The molecule has 134 valence electrons. The standard InChI is InChI=1S/C19H21F2NO3/c1-2-7-17-8-4-9-18(17,24-11-10-17)25-12-13-5-3-6-14-15(13)19(20,21)16(23)22-14/h2-3,5-6H,1,4,7-12H2,(H,22,23)/t17-,18+/m0/s1. The monoisotopic (exact) mass is 349 g/mol. The van der Waals surface area contributed by atoms with Gasteiger partial charge in [-0.05, 0) is 37.3 Å². The molecule has 1 saturated carbocycles. The van der Waals surface area contributed by atoms with Crippen LogP contribution in [0.1, 0.15) is 43.2 Å². The molecule has 2 fully saturated rings. The lowest BCUT2D eigenvalue weighted by molar-refractivity contribution is -0.253. The second-order valence-electron chi connectivity index (χ2n) is 7.13.